The minimum Gasteiger partial charge on any atom is -0.396 e. The van der Waals surface area contributed by atoms with Crippen molar-refractivity contribution >= 4 is 37.3 Å². The van der Waals surface area contributed by atoms with E-state index in [9.17, 15) is 4.79 Å². The zero-order chi connectivity index (χ0) is 15.8. The van der Waals surface area contributed by atoms with Crippen LogP contribution in [0.2, 0.25) is 0 Å². The molecule has 0 atom stereocenters. The Balaban J connectivity index is 0.00000441. The van der Waals surface area contributed by atoms with Gasteiger partial charge >= 0.3 is 0 Å². The van der Waals surface area contributed by atoms with Gasteiger partial charge in [-0.15, -0.1) is 12.4 Å². The number of aliphatic hydroxyl groups excluding tert-OH is 1. The van der Waals surface area contributed by atoms with Gasteiger partial charge in [0, 0.05) is 24.1 Å². The smallest absolute Gasteiger partial charge is 0.214 e. The number of carbonyl (C=O) groups is 1. The first-order valence-corrected chi connectivity index (χ1v) is 7.37. The van der Waals surface area contributed by atoms with Gasteiger partial charge in [-0.3, -0.25) is 4.79 Å². The van der Waals surface area contributed by atoms with Crippen LogP contribution in [0.5, 0.6) is 0 Å². The standard InChI is InChI=1S/C14H22N4O2S.ClH/c1-10(12(3-5-19)4-6-21)18(9-20)8-13-7-16-11(2)17-14(13)15;/h7,9,19,21H,3-6,8H2,1-2H3,(H2,15,16,17);1H/b12-10-;. The molecule has 0 aliphatic rings. The summed E-state index contributed by atoms with van der Waals surface area (Å²) < 4.78 is 0. The molecule has 0 saturated carbocycles. The Bertz CT molecular complexity index is 518. The molecule has 1 aromatic rings. The third-order valence-electron chi connectivity index (χ3n) is 3.26. The number of nitrogens with zero attached hydrogens (tertiary/aromatic N) is 3. The molecule has 1 amide bonds. The number of rotatable bonds is 8. The minimum atomic E-state index is 0. The van der Waals surface area contributed by atoms with Gasteiger partial charge in [-0.05, 0) is 38.0 Å². The SMILES string of the molecule is C/C(=C(\CCO)CCS)N(C=O)Cc1cnc(C)nc1N.Cl. The maximum atomic E-state index is 11.4. The third kappa shape index (κ3) is 5.82. The molecule has 0 saturated heterocycles. The number of hydrogen-bond donors (Lipinski definition) is 3. The number of aryl methyl sites for hydroxylation is 1. The number of anilines is 1. The van der Waals surface area contributed by atoms with E-state index >= 15 is 0 Å². The Morgan fingerprint density at radius 1 is 1.50 bits per heavy atom. The fourth-order valence-corrected chi connectivity index (χ4v) is 2.28. The Kier molecular flexibility index (Phi) is 9.80. The number of halogens is 1. The molecule has 0 radical (unpaired) electrons. The molecule has 124 valence electrons. The predicted octanol–water partition coefficient (Wildman–Crippen LogP) is 1.72. The van der Waals surface area contributed by atoms with Gasteiger partial charge in [0.25, 0.3) is 0 Å². The molecule has 0 spiro atoms. The molecular formula is C14H23ClN4O2S. The predicted molar refractivity (Wildman–Crippen MR) is 92.9 cm³/mol. The van der Waals surface area contributed by atoms with Crippen LogP contribution in [0.15, 0.2) is 17.5 Å². The average Bonchev–Trinajstić information content (AvgIpc) is 2.45. The van der Waals surface area contributed by atoms with Gasteiger partial charge in [0.2, 0.25) is 6.41 Å². The van der Waals surface area contributed by atoms with Gasteiger partial charge in [0.05, 0.1) is 6.54 Å². The second kappa shape index (κ2) is 10.4. The van der Waals surface area contributed by atoms with Crippen LogP contribution in [0.4, 0.5) is 5.82 Å². The number of aromatic nitrogens is 2. The zero-order valence-electron chi connectivity index (χ0n) is 12.8. The topological polar surface area (TPSA) is 92.3 Å². The molecule has 0 aliphatic heterocycles. The number of nitrogen functional groups attached to an aromatic ring is 1. The first-order valence-electron chi connectivity index (χ1n) is 6.73. The summed E-state index contributed by atoms with van der Waals surface area (Å²) in [5.41, 5.74) is 8.37. The summed E-state index contributed by atoms with van der Waals surface area (Å²) in [7, 11) is 0. The molecule has 0 aliphatic carbocycles. The van der Waals surface area contributed by atoms with Crippen molar-refractivity contribution in [3.63, 3.8) is 0 Å². The first-order chi connectivity index (χ1) is 10.0. The van der Waals surface area contributed by atoms with Crippen molar-refractivity contribution in [1.29, 1.82) is 0 Å². The summed E-state index contributed by atoms with van der Waals surface area (Å²) in [6, 6.07) is 0. The van der Waals surface area contributed by atoms with Crippen molar-refractivity contribution in [3.8, 4) is 0 Å². The number of thiol groups is 1. The van der Waals surface area contributed by atoms with Crippen molar-refractivity contribution < 1.29 is 9.90 Å². The number of aliphatic hydroxyl groups is 1. The first kappa shape index (κ1) is 20.7. The van der Waals surface area contributed by atoms with E-state index < -0.39 is 0 Å². The molecule has 0 aromatic carbocycles. The lowest BCUT2D eigenvalue weighted by Crippen LogP contribution is -2.22. The van der Waals surface area contributed by atoms with Crippen molar-refractivity contribution in [2.24, 2.45) is 0 Å². The van der Waals surface area contributed by atoms with Gasteiger partial charge in [-0.25, -0.2) is 9.97 Å². The van der Waals surface area contributed by atoms with E-state index in [2.05, 4.69) is 22.6 Å². The largest absolute Gasteiger partial charge is 0.396 e. The lowest BCUT2D eigenvalue weighted by molar-refractivity contribution is -0.117. The van der Waals surface area contributed by atoms with Crippen LogP contribution < -0.4 is 5.73 Å². The lowest BCUT2D eigenvalue weighted by atomic mass is 10.1. The normalized spacial score (nSPS) is 11.5. The Morgan fingerprint density at radius 2 is 2.18 bits per heavy atom. The van der Waals surface area contributed by atoms with Gasteiger partial charge in [0.15, 0.2) is 0 Å². The Hall–Kier alpha value is -1.31. The number of amides is 1. The van der Waals surface area contributed by atoms with E-state index in [1.165, 1.54) is 0 Å². The van der Waals surface area contributed by atoms with Crippen LogP contribution in [-0.4, -0.2) is 38.7 Å². The molecule has 0 bridgehead atoms. The fraction of sp³-hybridized carbons (Fsp3) is 0.500. The summed E-state index contributed by atoms with van der Waals surface area (Å²) in [5, 5.41) is 9.13. The summed E-state index contributed by atoms with van der Waals surface area (Å²) in [6.07, 6.45) is 3.63. The highest BCUT2D eigenvalue weighted by Crippen LogP contribution is 2.19. The number of hydrogen-bond acceptors (Lipinski definition) is 6. The molecule has 1 rings (SSSR count). The number of allylic oxidation sites excluding steroid dienone is 1. The van der Waals surface area contributed by atoms with Crippen LogP contribution in [-0.2, 0) is 11.3 Å². The quantitative estimate of drug-likeness (QED) is 0.492. The molecule has 8 heteroatoms. The molecule has 0 unspecified atom stereocenters. The minimum absolute atomic E-state index is 0. The molecule has 1 heterocycles. The number of carbonyl (C=O) groups excluding carboxylic acids is 1. The maximum Gasteiger partial charge on any atom is 0.214 e. The van der Waals surface area contributed by atoms with Crippen molar-refractivity contribution in [2.75, 3.05) is 18.1 Å². The summed E-state index contributed by atoms with van der Waals surface area (Å²) in [4.78, 5) is 21.1. The van der Waals surface area contributed by atoms with E-state index in [4.69, 9.17) is 10.8 Å². The van der Waals surface area contributed by atoms with Crippen molar-refractivity contribution in [2.45, 2.75) is 33.2 Å². The molecule has 6 nitrogen and oxygen atoms in total. The van der Waals surface area contributed by atoms with E-state index in [-0.39, 0.29) is 19.0 Å². The van der Waals surface area contributed by atoms with Crippen LogP contribution in [0, 0.1) is 6.92 Å². The molecule has 1 aromatic heterocycles. The van der Waals surface area contributed by atoms with Gasteiger partial charge in [-0.1, -0.05) is 0 Å². The van der Waals surface area contributed by atoms with Crippen molar-refractivity contribution in [3.05, 3.63) is 28.9 Å². The number of nitrogens with two attached hydrogens (primary N) is 1. The Morgan fingerprint density at radius 3 is 2.68 bits per heavy atom. The molecule has 3 N–H and O–H groups in total. The summed E-state index contributed by atoms with van der Waals surface area (Å²) >= 11 is 4.21. The maximum absolute atomic E-state index is 11.4. The second-order valence-corrected chi connectivity index (χ2v) is 5.14. The monoisotopic (exact) mass is 346 g/mol. The Labute approximate surface area is 142 Å². The lowest BCUT2D eigenvalue weighted by Gasteiger charge is -2.22. The van der Waals surface area contributed by atoms with Crippen LogP contribution in [0.1, 0.15) is 31.2 Å². The van der Waals surface area contributed by atoms with E-state index in [1.807, 2.05) is 6.92 Å². The van der Waals surface area contributed by atoms with Gasteiger partial charge in [0.1, 0.15) is 11.6 Å². The van der Waals surface area contributed by atoms with Crippen LogP contribution >= 0.6 is 25.0 Å². The van der Waals surface area contributed by atoms with Crippen molar-refractivity contribution in [1.82, 2.24) is 14.9 Å². The van der Waals surface area contributed by atoms with Gasteiger partial charge < -0.3 is 15.7 Å². The highest BCUT2D eigenvalue weighted by molar-refractivity contribution is 7.80. The molecular weight excluding hydrogens is 324 g/mol. The fourth-order valence-electron chi connectivity index (χ4n) is 2.01. The highest BCUT2D eigenvalue weighted by atomic mass is 35.5. The summed E-state index contributed by atoms with van der Waals surface area (Å²) in [5.74, 6) is 1.63. The van der Waals surface area contributed by atoms with E-state index in [0.29, 0.717) is 35.9 Å². The average molecular weight is 347 g/mol. The molecule has 0 fully saturated rings. The van der Waals surface area contributed by atoms with E-state index in [1.54, 1.807) is 18.0 Å². The van der Waals surface area contributed by atoms with Crippen LogP contribution in [0.25, 0.3) is 0 Å². The zero-order valence-corrected chi connectivity index (χ0v) is 14.5. The van der Waals surface area contributed by atoms with E-state index in [0.717, 1.165) is 24.1 Å². The second-order valence-electron chi connectivity index (χ2n) is 4.70. The molecule has 22 heavy (non-hydrogen) atoms. The highest BCUT2D eigenvalue weighted by Gasteiger charge is 2.13. The summed E-state index contributed by atoms with van der Waals surface area (Å²) in [6.45, 7) is 3.97. The van der Waals surface area contributed by atoms with Crippen LogP contribution in [0.3, 0.4) is 0 Å². The van der Waals surface area contributed by atoms with Gasteiger partial charge in [-0.2, -0.15) is 12.6 Å². The third-order valence-corrected chi connectivity index (χ3v) is 3.48.